The van der Waals surface area contributed by atoms with Gasteiger partial charge in [-0.05, 0) is 12.0 Å². The van der Waals surface area contributed by atoms with Crippen molar-refractivity contribution >= 4 is 5.91 Å². The van der Waals surface area contributed by atoms with Crippen molar-refractivity contribution in [2.75, 3.05) is 0 Å². The highest BCUT2D eigenvalue weighted by Crippen LogP contribution is 2.05. The highest BCUT2D eigenvalue weighted by atomic mass is 16.1. The molecule has 0 aliphatic carbocycles. The Morgan fingerprint density at radius 2 is 2.06 bits per heavy atom. The van der Waals surface area contributed by atoms with E-state index in [0.717, 1.165) is 17.7 Å². The van der Waals surface area contributed by atoms with Crippen LogP contribution in [0.15, 0.2) is 42.6 Å². The molecule has 3 heteroatoms. The lowest BCUT2D eigenvalue weighted by Gasteiger charge is -2.17. The molecule has 0 saturated heterocycles. The van der Waals surface area contributed by atoms with Crippen LogP contribution in [0.3, 0.4) is 0 Å². The summed E-state index contributed by atoms with van der Waals surface area (Å²) in [6, 6.07) is 9.42. The van der Waals surface area contributed by atoms with E-state index in [1.54, 1.807) is 0 Å². The number of rotatable bonds is 6. The first-order chi connectivity index (χ1) is 7.63. The average molecular weight is 218 g/mol. The molecule has 1 aromatic carbocycles. The summed E-state index contributed by atoms with van der Waals surface area (Å²) in [5, 5.41) is 3.05. The number of primary amides is 1. The van der Waals surface area contributed by atoms with E-state index in [0.29, 0.717) is 6.42 Å². The summed E-state index contributed by atoms with van der Waals surface area (Å²) in [7, 11) is 0. The molecule has 0 spiro atoms. The van der Waals surface area contributed by atoms with E-state index in [2.05, 4.69) is 11.9 Å². The second-order valence-corrected chi connectivity index (χ2v) is 3.75. The first-order valence-corrected chi connectivity index (χ1v) is 5.41. The van der Waals surface area contributed by atoms with Crippen molar-refractivity contribution in [3.8, 4) is 0 Å². The van der Waals surface area contributed by atoms with Gasteiger partial charge in [-0.1, -0.05) is 43.8 Å². The van der Waals surface area contributed by atoms with Gasteiger partial charge in [0.25, 0.3) is 0 Å². The van der Waals surface area contributed by atoms with Crippen molar-refractivity contribution in [3.05, 3.63) is 48.2 Å². The van der Waals surface area contributed by atoms with Gasteiger partial charge in [0.05, 0.1) is 0 Å². The van der Waals surface area contributed by atoms with Crippen molar-refractivity contribution < 1.29 is 4.79 Å². The van der Waals surface area contributed by atoms with Gasteiger partial charge in [0.15, 0.2) is 0 Å². The van der Waals surface area contributed by atoms with E-state index in [1.807, 2.05) is 37.3 Å². The van der Waals surface area contributed by atoms with Crippen LogP contribution < -0.4 is 11.1 Å². The average Bonchev–Trinajstić information content (AvgIpc) is 2.29. The normalized spacial score (nSPS) is 11.8. The van der Waals surface area contributed by atoms with Gasteiger partial charge in [-0.15, -0.1) is 0 Å². The van der Waals surface area contributed by atoms with Crippen LogP contribution in [0.25, 0.3) is 0 Å². The Hall–Kier alpha value is -1.77. The largest absolute Gasteiger partial charge is 0.377 e. The fourth-order valence-electron chi connectivity index (χ4n) is 1.42. The molecule has 0 aliphatic rings. The predicted molar refractivity (Wildman–Crippen MR) is 65.7 cm³/mol. The second kappa shape index (κ2) is 5.95. The molecule has 16 heavy (non-hydrogen) atoms. The van der Waals surface area contributed by atoms with Gasteiger partial charge in [0, 0.05) is 12.1 Å². The standard InChI is InChI=1S/C13H18N2O/c1-3-10(2)15-12(13(14)16)9-11-7-5-4-6-8-11/h4-8,12,15H,2-3,9H2,1H3,(H2,14,16)/t12-/m0/s1. The third-order valence-corrected chi connectivity index (χ3v) is 2.43. The summed E-state index contributed by atoms with van der Waals surface area (Å²) in [5.74, 6) is -0.349. The highest BCUT2D eigenvalue weighted by Gasteiger charge is 2.15. The number of hydrogen-bond donors (Lipinski definition) is 2. The molecule has 0 unspecified atom stereocenters. The lowest BCUT2D eigenvalue weighted by molar-refractivity contribution is -0.119. The lowest BCUT2D eigenvalue weighted by atomic mass is 10.1. The van der Waals surface area contributed by atoms with E-state index in [9.17, 15) is 4.79 Å². The zero-order valence-corrected chi connectivity index (χ0v) is 9.57. The Kier molecular flexibility index (Phi) is 4.58. The summed E-state index contributed by atoms with van der Waals surface area (Å²) in [6.45, 7) is 5.80. The van der Waals surface area contributed by atoms with E-state index < -0.39 is 0 Å². The molecule has 0 bridgehead atoms. The Morgan fingerprint density at radius 3 is 2.56 bits per heavy atom. The molecule has 0 saturated carbocycles. The quantitative estimate of drug-likeness (QED) is 0.762. The van der Waals surface area contributed by atoms with Crippen LogP contribution in [0.1, 0.15) is 18.9 Å². The molecule has 86 valence electrons. The zero-order valence-electron chi connectivity index (χ0n) is 9.57. The van der Waals surface area contributed by atoms with Gasteiger partial charge in [-0.25, -0.2) is 0 Å². The van der Waals surface area contributed by atoms with Crippen molar-refractivity contribution in [2.45, 2.75) is 25.8 Å². The van der Waals surface area contributed by atoms with Gasteiger partial charge in [0.2, 0.25) is 5.91 Å². The van der Waals surface area contributed by atoms with Crippen LogP contribution >= 0.6 is 0 Å². The number of nitrogens with two attached hydrogens (primary N) is 1. The van der Waals surface area contributed by atoms with Crippen LogP contribution in [0.2, 0.25) is 0 Å². The molecular weight excluding hydrogens is 200 g/mol. The van der Waals surface area contributed by atoms with Crippen molar-refractivity contribution in [1.29, 1.82) is 0 Å². The number of carbonyl (C=O) groups is 1. The first kappa shape index (κ1) is 12.3. The van der Waals surface area contributed by atoms with E-state index >= 15 is 0 Å². The summed E-state index contributed by atoms with van der Waals surface area (Å²) in [5.41, 5.74) is 7.26. The minimum Gasteiger partial charge on any atom is -0.377 e. The highest BCUT2D eigenvalue weighted by molar-refractivity contribution is 5.80. The minimum atomic E-state index is -0.380. The molecular formula is C13H18N2O. The molecule has 0 heterocycles. The number of carbonyl (C=O) groups excluding carboxylic acids is 1. The number of nitrogens with one attached hydrogen (secondary N) is 1. The maximum Gasteiger partial charge on any atom is 0.240 e. The van der Waals surface area contributed by atoms with Crippen LogP contribution in [-0.2, 0) is 11.2 Å². The monoisotopic (exact) mass is 218 g/mol. The van der Waals surface area contributed by atoms with Gasteiger partial charge in [-0.3, -0.25) is 4.79 Å². The van der Waals surface area contributed by atoms with Gasteiger partial charge in [-0.2, -0.15) is 0 Å². The Morgan fingerprint density at radius 1 is 1.44 bits per heavy atom. The van der Waals surface area contributed by atoms with E-state index in [1.165, 1.54) is 0 Å². The first-order valence-electron chi connectivity index (χ1n) is 5.41. The fraction of sp³-hybridized carbons (Fsp3) is 0.308. The maximum atomic E-state index is 11.3. The SMILES string of the molecule is C=C(CC)N[C@@H](Cc1ccccc1)C(N)=O. The van der Waals surface area contributed by atoms with Gasteiger partial charge >= 0.3 is 0 Å². The van der Waals surface area contributed by atoms with Crippen LogP contribution in [-0.4, -0.2) is 11.9 Å². The third-order valence-electron chi connectivity index (χ3n) is 2.43. The summed E-state index contributed by atoms with van der Waals surface area (Å²) in [4.78, 5) is 11.3. The molecule has 3 N–H and O–H groups in total. The van der Waals surface area contributed by atoms with Crippen molar-refractivity contribution in [1.82, 2.24) is 5.32 Å². The van der Waals surface area contributed by atoms with E-state index in [4.69, 9.17) is 5.73 Å². The zero-order chi connectivity index (χ0) is 12.0. The summed E-state index contributed by atoms with van der Waals surface area (Å²) < 4.78 is 0. The Bertz CT molecular complexity index is 359. The molecule has 3 nitrogen and oxygen atoms in total. The minimum absolute atomic E-state index is 0.349. The molecule has 1 atom stereocenters. The Labute approximate surface area is 96.3 Å². The third kappa shape index (κ3) is 3.77. The lowest BCUT2D eigenvalue weighted by Crippen LogP contribution is -2.42. The van der Waals surface area contributed by atoms with Crippen LogP contribution in [0.5, 0.6) is 0 Å². The molecule has 1 rings (SSSR count). The Balaban J connectivity index is 2.65. The molecule has 0 aromatic heterocycles. The van der Waals surface area contributed by atoms with Gasteiger partial charge in [0.1, 0.15) is 6.04 Å². The topological polar surface area (TPSA) is 55.1 Å². The fourth-order valence-corrected chi connectivity index (χ4v) is 1.42. The van der Waals surface area contributed by atoms with Crippen LogP contribution in [0, 0.1) is 0 Å². The van der Waals surface area contributed by atoms with Crippen LogP contribution in [0.4, 0.5) is 0 Å². The van der Waals surface area contributed by atoms with Gasteiger partial charge < -0.3 is 11.1 Å². The maximum absolute atomic E-state index is 11.3. The second-order valence-electron chi connectivity index (χ2n) is 3.75. The predicted octanol–water partition coefficient (Wildman–Crippen LogP) is 1.60. The molecule has 0 fully saturated rings. The molecule has 0 aliphatic heterocycles. The molecule has 1 aromatic rings. The number of allylic oxidation sites excluding steroid dienone is 1. The number of benzene rings is 1. The van der Waals surface area contributed by atoms with Crippen molar-refractivity contribution in [3.63, 3.8) is 0 Å². The van der Waals surface area contributed by atoms with E-state index in [-0.39, 0.29) is 11.9 Å². The smallest absolute Gasteiger partial charge is 0.240 e. The number of amides is 1. The molecule has 1 amide bonds. The summed E-state index contributed by atoms with van der Waals surface area (Å²) >= 11 is 0. The summed E-state index contributed by atoms with van der Waals surface area (Å²) in [6.07, 6.45) is 1.38. The number of hydrogen-bond acceptors (Lipinski definition) is 2. The molecule has 0 radical (unpaired) electrons. The van der Waals surface area contributed by atoms with Crippen molar-refractivity contribution in [2.24, 2.45) is 5.73 Å².